The molecule has 2 atom stereocenters. The van der Waals surface area contributed by atoms with E-state index in [9.17, 15) is 35.9 Å². The second kappa shape index (κ2) is 10.4. The summed E-state index contributed by atoms with van der Waals surface area (Å²) in [6.07, 6.45) is -7.58. The molecule has 4 rings (SSSR count). The van der Waals surface area contributed by atoms with Crippen molar-refractivity contribution in [3.8, 4) is 0 Å². The molecule has 0 aliphatic carbocycles. The zero-order valence-electron chi connectivity index (χ0n) is 19.0. The number of benzene rings is 2. The van der Waals surface area contributed by atoms with E-state index in [0.717, 1.165) is 21.2 Å². The average molecular weight is 513 g/mol. The van der Waals surface area contributed by atoms with E-state index in [4.69, 9.17) is 4.74 Å². The maximum Gasteiger partial charge on any atom is 0.416 e. The van der Waals surface area contributed by atoms with Gasteiger partial charge in [0.1, 0.15) is 6.10 Å². The summed E-state index contributed by atoms with van der Waals surface area (Å²) in [7, 11) is 1.35. The van der Waals surface area contributed by atoms with E-state index >= 15 is 0 Å². The number of pyridine rings is 1. The Labute approximate surface area is 201 Å². The van der Waals surface area contributed by atoms with Crippen LogP contribution < -0.4 is 5.32 Å². The number of ether oxygens (including phenoxy) is 1. The molecule has 1 fully saturated rings. The predicted octanol–water partition coefficient (Wildman–Crippen LogP) is 5.72. The molecule has 2 amide bonds. The number of alkyl halides is 6. The summed E-state index contributed by atoms with van der Waals surface area (Å²) in [6.45, 7) is 2.00. The predicted molar refractivity (Wildman–Crippen MR) is 118 cm³/mol. The number of fused-ring (bicyclic) bond motifs is 1. The van der Waals surface area contributed by atoms with Gasteiger partial charge in [-0.1, -0.05) is 24.3 Å². The van der Waals surface area contributed by atoms with E-state index in [2.05, 4.69) is 10.3 Å². The monoisotopic (exact) mass is 513 g/mol. The van der Waals surface area contributed by atoms with Crippen LogP contribution in [0.3, 0.4) is 0 Å². The van der Waals surface area contributed by atoms with Crippen LogP contribution in [0.4, 0.5) is 31.1 Å². The van der Waals surface area contributed by atoms with Gasteiger partial charge in [0.25, 0.3) is 0 Å². The average Bonchev–Trinajstić information content (AvgIpc) is 3.09. The lowest BCUT2D eigenvalue weighted by Gasteiger charge is -2.20. The van der Waals surface area contributed by atoms with Gasteiger partial charge in [0, 0.05) is 31.4 Å². The minimum atomic E-state index is -4.94. The fourth-order valence-electron chi connectivity index (χ4n) is 3.62. The zero-order chi connectivity index (χ0) is 26.7. The fraction of sp³-hybridized carbons (Fsp3) is 0.292. The van der Waals surface area contributed by atoms with E-state index in [1.807, 2.05) is 30.5 Å². The molecule has 0 spiro atoms. The molecule has 2 unspecified atom stereocenters. The van der Waals surface area contributed by atoms with Gasteiger partial charge in [-0.2, -0.15) is 26.3 Å². The van der Waals surface area contributed by atoms with Crippen LogP contribution in [0.5, 0.6) is 0 Å². The lowest BCUT2D eigenvalue weighted by Crippen LogP contribution is -2.27. The molecule has 1 N–H and O–H groups in total. The van der Waals surface area contributed by atoms with Crippen molar-refractivity contribution >= 4 is 23.3 Å². The van der Waals surface area contributed by atoms with Gasteiger partial charge in [0.05, 0.1) is 17.2 Å². The molecule has 1 aliphatic heterocycles. The third-order valence-corrected chi connectivity index (χ3v) is 5.63. The minimum Gasteiger partial charge on any atom is -0.439 e. The Morgan fingerprint density at radius 1 is 1.03 bits per heavy atom. The first-order valence-corrected chi connectivity index (χ1v) is 10.5. The van der Waals surface area contributed by atoms with Crippen LogP contribution in [-0.4, -0.2) is 35.5 Å². The lowest BCUT2D eigenvalue weighted by molar-refractivity contribution is -0.143. The molecule has 12 heteroatoms. The quantitative estimate of drug-likeness (QED) is 0.358. The first-order chi connectivity index (χ1) is 16.8. The highest BCUT2D eigenvalue weighted by Crippen LogP contribution is 2.40. The number of carbonyl (C=O) groups is 2. The highest BCUT2D eigenvalue weighted by molar-refractivity contribution is 5.84. The summed E-state index contributed by atoms with van der Waals surface area (Å²) in [6, 6.07) is 8.48. The van der Waals surface area contributed by atoms with Gasteiger partial charge in [-0.3, -0.25) is 9.78 Å². The number of nitrogens with one attached hydrogen (secondary N) is 1. The number of nitrogens with zero attached hydrogens (tertiary/aromatic N) is 2. The molecule has 36 heavy (non-hydrogen) atoms. The van der Waals surface area contributed by atoms with E-state index in [1.54, 1.807) is 6.20 Å². The highest BCUT2D eigenvalue weighted by Gasteiger charge is 2.41. The summed E-state index contributed by atoms with van der Waals surface area (Å²) in [5, 5.41) is 4.87. The number of carbonyl (C=O) groups excluding carboxylic acids is 2. The van der Waals surface area contributed by atoms with Gasteiger partial charge in [0.15, 0.2) is 0 Å². The molecule has 1 aromatic heterocycles. The Bertz CT molecular complexity index is 1210. The standard InChI is InChI=1S/C13H11F6NO2.C11H10N2O/c1-6-10(22-11(21)20(6)2)7-3-8(12(14,15)16)5-9(4-7)13(17,18)19;14-8-13-7-10-6-12-5-9-3-1-2-4-11(9)10/h3-6,10H,1-2H3;1-6,8H,7H2,(H,13,14). The molecule has 0 saturated carbocycles. The van der Waals surface area contributed by atoms with Crippen molar-refractivity contribution in [1.82, 2.24) is 15.2 Å². The van der Waals surface area contributed by atoms with Crippen molar-refractivity contribution in [3.05, 3.63) is 77.1 Å². The molecule has 2 heterocycles. The van der Waals surface area contributed by atoms with Gasteiger partial charge in [0.2, 0.25) is 6.41 Å². The molecule has 0 radical (unpaired) electrons. The van der Waals surface area contributed by atoms with Crippen molar-refractivity contribution < 1.29 is 40.7 Å². The van der Waals surface area contributed by atoms with E-state index in [-0.39, 0.29) is 11.6 Å². The number of amides is 2. The SMILES string of the molecule is CC1C(c2cc(C(F)(F)F)cc(C(F)(F)F)c2)OC(=O)N1C.O=CNCc1cncc2ccccc12. The third-order valence-electron chi connectivity index (χ3n) is 5.63. The summed E-state index contributed by atoms with van der Waals surface area (Å²) >= 11 is 0. The van der Waals surface area contributed by atoms with Crippen LogP contribution in [0.25, 0.3) is 10.8 Å². The second-order valence-corrected chi connectivity index (χ2v) is 8.01. The van der Waals surface area contributed by atoms with Crippen LogP contribution in [0, 0.1) is 0 Å². The van der Waals surface area contributed by atoms with Crippen molar-refractivity contribution in [2.24, 2.45) is 0 Å². The summed E-state index contributed by atoms with van der Waals surface area (Å²) in [4.78, 5) is 26.8. The molecule has 1 aliphatic rings. The van der Waals surface area contributed by atoms with Crippen LogP contribution >= 0.6 is 0 Å². The second-order valence-electron chi connectivity index (χ2n) is 8.01. The largest absolute Gasteiger partial charge is 0.439 e. The maximum atomic E-state index is 12.8. The number of hydrogen-bond donors (Lipinski definition) is 1. The lowest BCUT2D eigenvalue weighted by atomic mass is 9.97. The van der Waals surface area contributed by atoms with Crippen LogP contribution in [0.1, 0.15) is 35.3 Å². The Morgan fingerprint density at radius 2 is 1.64 bits per heavy atom. The van der Waals surface area contributed by atoms with Gasteiger partial charge in [-0.15, -0.1) is 0 Å². The number of halogens is 6. The van der Waals surface area contributed by atoms with E-state index in [1.165, 1.54) is 14.0 Å². The molecule has 2 aromatic carbocycles. The van der Waals surface area contributed by atoms with Crippen LogP contribution in [0.15, 0.2) is 54.9 Å². The Kier molecular flexibility index (Phi) is 7.75. The fourth-order valence-corrected chi connectivity index (χ4v) is 3.62. The van der Waals surface area contributed by atoms with Crippen LogP contribution in [0.2, 0.25) is 0 Å². The maximum absolute atomic E-state index is 12.8. The number of cyclic esters (lactones) is 1. The van der Waals surface area contributed by atoms with Gasteiger partial charge < -0.3 is 15.0 Å². The molecule has 6 nitrogen and oxygen atoms in total. The van der Waals surface area contributed by atoms with Crippen molar-refractivity contribution in [3.63, 3.8) is 0 Å². The molecule has 192 valence electrons. The highest BCUT2D eigenvalue weighted by atomic mass is 19.4. The molecule has 0 bridgehead atoms. The normalized spacial score (nSPS) is 17.9. The number of rotatable bonds is 4. The summed E-state index contributed by atoms with van der Waals surface area (Å²) < 4.78 is 81.6. The van der Waals surface area contributed by atoms with Crippen molar-refractivity contribution in [1.29, 1.82) is 0 Å². The smallest absolute Gasteiger partial charge is 0.416 e. The number of aromatic nitrogens is 1. The molecule has 3 aromatic rings. The van der Waals surface area contributed by atoms with E-state index in [0.29, 0.717) is 25.1 Å². The number of likely N-dealkylation sites (N-methyl/N-ethyl adjacent to an activating group) is 1. The first kappa shape index (κ1) is 26.8. The minimum absolute atomic E-state index is 0.0364. The van der Waals surface area contributed by atoms with Gasteiger partial charge in [-0.05, 0) is 41.6 Å². The molecular weight excluding hydrogens is 492 g/mol. The Morgan fingerprint density at radius 3 is 2.17 bits per heavy atom. The topological polar surface area (TPSA) is 71.5 Å². The van der Waals surface area contributed by atoms with E-state index < -0.39 is 41.7 Å². The Hall–Kier alpha value is -3.83. The third kappa shape index (κ3) is 6.04. The summed E-state index contributed by atoms with van der Waals surface area (Å²) in [5.41, 5.74) is -2.17. The summed E-state index contributed by atoms with van der Waals surface area (Å²) in [5.74, 6) is 0. The van der Waals surface area contributed by atoms with Gasteiger partial charge >= 0.3 is 18.4 Å². The molecular formula is C24H21F6N3O3. The zero-order valence-corrected chi connectivity index (χ0v) is 19.0. The van der Waals surface area contributed by atoms with Crippen LogP contribution in [-0.2, 0) is 28.4 Å². The number of hydrogen-bond acceptors (Lipinski definition) is 4. The van der Waals surface area contributed by atoms with Gasteiger partial charge in [-0.25, -0.2) is 4.79 Å². The first-order valence-electron chi connectivity index (χ1n) is 10.5. The van der Waals surface area contributed by atoms with Crippen molar-refractivity contribution in [2.45, 2.75) is 38.0 Å². The molecule has 1 saturated heterocycles. The van der Waals surface area contributed by atoms with Crippen molar-refractivity contribution in [2.75, 3.05) is 7.05 Å². The Balaban J connectivity index is 0.000000221.